The Kier molecular flexibility index (Phi) is 2.90. The van der Waals surface area contributed by atoms with Gasteiger partial charge in [0, 0.05) is 24.7 Å². The van der Waals surface area contributed by atoms with E-state index >= 15 is 0 Å². The van der Waals surface area contributed by atoms with E-state index < -0.39 is 5.82 Å². The van der Waals surface area contributed by atoms with Crippen molar-refractivity contribution in [1.82, 2.24) is 0 Å². The standard InChI is InChI=1S/C12H17FN2O/c1-8-4-3-5-15(8)11-7-12(16-2)9(13)6-10(11)14/h6-8H,3-5,14H2,1-2H3. The Bertz CT molecular complexity index is 395. The SMILES string of the molecule is COc1cc(N2CCCC2C)c(N)cc1F. The molecule has 0 aliphatic carbocycles. The van der Waals surface area contributed by atoms with Gasteiger partial charge in [0.05, 0.1) is 18.5 Å². The molecule has 2 N–H and O–H groups in total. The first-order valence-corrected chi connectivity index (χ1v) is 5.53. The van der Waals surface area contributed by atoms with Crippen molar-refractivity contribution in [1.29, 1.82) is 0 Å². The van der Waals surface area contributed by atoms with Crippen LogP contribution in [0.4, 0.5) is 15.8 Å². The maximum absolute atomic E-state index is 13.4. The first-order chi connectivity index (χ1) is 7.63. The molecule has 0 aromatic heterocycles. The van der Waals surface area contributed by atoms with Gasteiger partial charge in [-0.15, -0.1) is 0 Å². The molecule has 1 aliphatic heterocycles. The fourth-order valence-electron chi connectivity index (χ4n) is 2.25. The number of hydrogen-bond acceptors (Lipinski definition) is 3. The molecule has 0 saturated carbocycles. The highest BCUT2D eigenvalue weighted by Gasteiger charge is 2.23. The van der Waals surface area contributed by atoms with E-state index in [0.29, 0.717) is 11.7 Å². The predicted octanol–water partition coefficient (Wildman–Crippen LogP) is 2.41. The zero-order valence-electron chi connectivity index (χ0n) is 9.66. The normalized spacial score (nSPS) is 20.2. The molecule has 0 spiro atoms. The van der Waals surface area contributed by atoms with Crippen molar-refractivity contribution in [2.45, 2.75) is 25.8 Å². The molecule has 1 atom stereocenters. The van der Waals surface area contributed by atoms with Gasteiger partial charge in [0.1, 0.15) is 0 Å². The first-order valence-electron chi connectivity index (χ1n) is 5.53. The van der Waals surface area contributed by atoms with E-state index in [2.05, 4.69) is 11.8 Å². The van der Waals surface area contributed by atoms with Crippen LogP contribution in [-0.2, 0) is 0 Å². The van der Waals surface area contributed by atoms with E-state index in [0.717, 1.165) is 25.1 Å². The summed E-state index contributed by atoms with van der Waals surface area (Å²) in [5.74, 6) is -0.154. The lowest BCUT2D eigenvalue weighted by Crippen LogP contribution is -2.27. The molecule has 4 heteroatoms. The third-order valence-electron chi connectivity index (χ3n) is 3.16. The predicted molar refractivity (Wildman–Crippen MR) is 63.4 cm³/mol. The summed E-state index contributed by atoms with van der Waals surface area (Å²) in [4.78, 5) is 2.21. The number of halogens is 1. The van der Waals surface area contributed by atoms with Gasteiger partial charge in [-0.2, -0.15) is 0 Å². The summed E-state index contributed by atoms with van der Waals surface area (Å²) in [5, 5.41) is 0. The molecule has 1 aromatic rings. The molecule has 1 unspecified atom stereocenters. The molecule has 0 bridgehead atoms. The van der Waals surface area contributed by atoms with Gasteiger partial charge in [-0.05, 0) is 19.8 Å². The molecule has 3 nitrogen and oxygen atoms in total. The van der Waals surface area contributed by atoms with Crippen LogP contribution in [0.5, 0.6) is 5.75 Å². The minimum atomic E-state index is -0.407. The van der Waals surface area contributed by atoms with Crippen LogP contribution in [0, 0.1) is 5.82 Å². The molecule has 1 heterocycles. The Morgan fingerprint density at radius 1 is 1.50 bits per heavy atom. The topological polar surface area (TPSA) is 38.5 Å². The summed E-state index contributed by atoms with van der Waals surface area (Å²) in [5.41, 5.74) is 7.21. The van der Waals surface area contributed by atoms with Crippen LogP contribution in [0.25, 0.3) is 0 Å². The summed E-state index contributed by atoms with van der Waals surface area (Å²) in [6.45, 7) is 3.13. The van der Waals surface area contributed by atoms with Gasteiger partial charge < -0.3 is 15.4 Å². The Morgan fingerprint density at radius 3 is 2.81 bits per heavy atom. The Hall–Kier alpha value is -1.45. The van der Waals surface area contributed by atoms with Crippen LogP contribution in [0.15, 0.2) is 12.1 Å². The second-order valence-corrected chi connectivity index (χ2v) is 4.23. The monoisotopic (exact) mass is 224 g/mol. The van der Waals surface area contributed by atoms with Gasteiger partial charge in [-0.1, -0.05) is 0 Å². The molecule has 1 aliphatic rings. The van der Waals surface area contributed by atoms with Crippen molar-refractivity contribution in [3.8, 4) is 5.75 Å². The fraction of sp³-hybridized carbons (Fsp3) is 0.500. The molecule has 1 fully saturated rings. The van der Waals surface area contributed by atoms with E-state index in [1.165, 1.54) is 13.2 Å². The van der Waals surface area contributed by atoms with Crippen molar-refractivity contribution in [2.24, 2.45) is 0 Å². The zero-order valence-corrected chi connectivity index (χ0v) is 9.66. The van der Waals surface area contributed by atoms with Crippen LogP contribution in [0.2, 0.25) is 0 Å². The van der Waals surface area contributed by atoms with Gasteiger partial charge in [0.25, 0.3) is 0 Å². The van der Waals surface area contributed by atoms with Crippen molar-refractivity contribution in [2.75, 3.05) is 24.3 Å². The summed E-state index contributed by atoms with van der Waals surface area (Å²) >= 11 is 0. The lowest BCUT2D eigenvalue weighted by Gasteiger charge is -2.25. The largest absolute Gasteiger partial charge is 0.494 e. The summed E-state index contributed by atoms with van der Waals surface area (Å²) in [6.07, 6.45) is 2.30. The highest BCUT2D eigenvalue weighted by Crippen LogP contribution is 2.34. The molecule has 1 saturated heterocycles. The molecular weight excluding hydrogens is 207 g/mol. The van der Waals surface area contributed by atoms with Crippen LogP contribution >= 0.6 is 0 Å². The zero-order chi connectivity index (χ0) is 11.7. The van der Waals surface area contributed by atoms with E-state index in [9.17, 15) is 4.39 Å². The van der Waals surface area contributed by atoms with Gasteiger partial charge in [0.15, 0.2) is 11.6 Å². The highest BCUT2D eigenvalue weighted by molar-refractivity contribution is 5.70. The number of rotatable bonds is 2. The number of nitrogen functional groups attached to an aromatic ring is 1. The molecule has 2 rings (SSSR count). The fourth-order valence-corrected chi connectivity index (χ4v) is 2.25. The smallest absolute Gasteiger partial charge is 0.167 e. The minimum absolute atomic E-state index is 0.253. The van der Waals surface area contributed by atoms with E-state index in [1.54, 1.807) is 6.07 Å². The lowest BCUT2D eigenvalue weighted by molar-refractivity contribution is 0.386. The van der Waals surface area contributed by atoms with Crippen LogP contribution in [0.3, 0.4) is 0 Å². The number of methoxy groups -OCH3 is 1. The van der Waals surface area contributed by atoms with Crippen molar-refractivity contribution >= 4 is 11.4 Å². The van der Waals surface area contributed by atoms with Crippen molar-refractivity contribution in [3.63, 3.8) is 0 Å². The van der Waals surface area contributed by atoms with Crippen LogP contribution in [-0.4, -0.2) is 19.7 Å². The Labute approximate surface area is 95.0 Å². The molecule has 88 valence electrons. The number of nitrogens with two attached hydrogens (primary N) is 1. The van der Waals surface area contributed by atoms with E-state index in [1.807, 2.05) is 0 Å². The second-order valence-electron chi connectivity index (χ2n) is 4.23. The van der Waals surface area contributed by atoms with Gasteiger partial charge in [-0.25, -0.2) is 4.39 Å². The average molecular weight is 224 g/mol. The number of anilines is 2. The van der Waals surface area contributed by atoms with Gasteiger partial charge in [0.2, 0.25) is 0 Å². The number of benzene rings is 1. The number of ether oxygens (including phenoxy) is 1. The molecule has 1 aromatic carbocycles. The summed E-state index contributed by atoms with van der Waals surface area (Å²) < 4.78 is 18.4. The highest BCUT2D eigenvalue weighted by atomic mass is 19.1. The number of hydrogen-bond donors (Lipinski definition) is 1. The quantitative estimate of drug-likeness (QED) is 0.784. The molecule has 0 amide bonds. The van der Waals surface area contributed by atoms with Crippen LogP contribution in [0.1, 0.15) is 19.8 Å². The average Bonchev–Trinajstić information content (AvgIpc) is 2.65. The molecule has 0 radical (unpaired) electrons. The van der Waals surface area contributed by atoms with Crippen LogP contribution < -0.4 is 15.4 Å². The third-order valence-corrected chi connectivity index (χ3v) is 3.16. The van der Waals surface area contributed by atoms with E-state index in [4.69, 9.17) is 10.5 Å². The molecular formula is C12H17FN2O. The van der Waals surface area contributed by atoms with Gasteiger partial charge >= 0.3 is 0 Å². The first kappa shape index (κ1) is 11.0. The van der Waals surface area contributed by atoms with Crippen molar-refractivity contribution < 1.29 is 9.13 Å². The summed E-state index contributed by atoms with van der Waals surface area (Å²) in [7, 11) is 1.46. The maximum atomic E-state index is 13.4. The second kappa shape index (κ2) is 4.20. The van der Waals surface area contributed by atoms with Crippen molar-refractivity contribution in [3.05, 3.63) is 17.9 Å². The lowest BCUT2D eigenvalue weighted by atomic mass is 10.2. The Morgan fingerprint density at radius 2 is 2.25 bits per heavy atom. The Balaban J connectivity index is 2.39. The summed E-state index contributed by atoms with van der Waals surface area (Å²) in [6, 6.07) is 3.48. The third kappa shape index (κ3) is 1.79. The molecule has 16 heavy (non-hydrogen) atoms. The van der Waals surface area contributed by atoms with Gasteiger partial charge in [-0.3, -0.25) is 0 Å². The van der Waals surface area contributed by atoms with E-state index in [-0.39, 0.29) is 5.75 Å². The maximum Gasteiger partial charge on any atom is 0.167 e. The number of nitrogens with zero attached hydrogens (tertiary/aromatic N) is 1. The minimum Gasteiger partial charge on any atom is -0.494 e.